The van der Waals surface area contributed by atoms with Crippen molar-refractivity contribution in [3.8, 4) is 0 Å². The van der Waals surface area contributed by atoms with Gasteiger partial charge >= 0.3 is 6.03 Å². The number of carbonyl (C=O) groups is 1. The van der Waals surface area contributed by atoms with Crippen molar-refractivity contribution in [1.29, 1.82) is 0 Å². The van der Waals surface area contributed by atoms with Gasteiger partial charge < -0.3 is 11.1 Å². The maximum Gasteiger partial charge on any atom is 0.321 e. The molecular formula is C13H21N3O. The number of urea groups is 1. The number of nitrogens with two attached hydrogens (primary N) is 1. The second-order valence-corrected chi connectivity index (χ2v) is 4.02. The van der Waals surface area contributed by atoms with Crippen LogP contribution in [0, 0.1) is 0 Å². The van der Waals surface area contributed by atoms with Crippen molar-refractivity contribution in [2.75, 3.05) is 18.5 Å². The highest BCUT2D eigenvalue weighted by atomic mass is 16.2. The van der Waals surface area contributed by atoms with Crippen molar-refractivity contribution in [3.63, 3.8) is 0 Å². The summed E-state index contributed by atoms with van der Waals surface area (Å²) in [6.45, 7) is 3.34. The molecule has 0 fully saturated rings. The quantitative estimate of drug-likeness (QED) is 0.768. The summed E-state index contributed by atoms with van der Waals surface area (Å²) in [5.74, 6) is 0. The fraction of sp³-hybridized carbons (Fsp3) is 0.462. The Bertz CT molecular complexity index is 348. The Kier molecular flexibility index (Phi) is 5.49. The molecule has 0 atom stereocenters. The smallest absolute Gasteiger partial charge is 0.321 e. The predicted octanol–water partition coefficient (Wildman–Crippen LogP) is 2.09. The van der Waals surface area contributed by atoms with Crippen LogP contribution in [0.2, 0.25) is 0 Å². The number of unbranched alkanes of at least 4 members (excludes halogenated alkanes) is 1. The number of anilines is 1. The zero-order valence-electron chi connectivity index (χ0n) is 10.6. The lowest BCUT2D eigenvalue weighted by Crippen LogP contribution is -2.37. The van der Waals surface area contributed by atoms with E-state index in [2.05, 4.69) is 12.2 Å². The van der Waals surface area contributed by atoms with Gasteiger partial charge in [-0.2, -0.15) is 0 Å². The Labute approximate surface area is 103 Å². The van der Waals surface area contributed by atoms with Crippen LogP contribution in [0.4, 0.5) is 10.5 Å². The van der Waals surface area contributed by atoms with Crippen molar-refractivity contribution in [1.82, 2.24) is 5.32 Å². The van der Waals surface area contributed by atoms with Crippen molar-refractivity contribution in [2.45, 2.75) is 26.3 Å². The largest absolute Gasteiger partial charge is 0.338 e. The third-order valence-corrected chi connectivity index (χ3v) is 2.67. The fourth-order valence-electron chi connectivity index (χ4n) is 1.46. The molecule has 1 aromatic rings. The summed E-state index contributed by atoms with van der Waals surface area (Å²) < 4.78 is 0. The SMILES string of the molecule is CCCCNC(=O)N(C)c1ccc(CN)cc1. The summed E-state index contributed by atoms with van der Waals surface area (Å²) in [5.41, 5.74) is 7.46. The fourth-order valence-corrected chi connectivity index (χ4v) is 1.46. The van der Waals surface area contributed by atoms with Crippen LogP contribution >= 0.6 is 0 Å². The Morgan fingerprint density at radius 2 is 2.00 bits per heavy atom. The molecule has 3 N–H and O–H groups in total. The number of rotatable bonds is 5. The zero-order chi connectivity index (χ0) is 12.7. The second-order valence-electron chi connectivity index (χ2n) is 4.02. The lowest BCUT2D eigenvalue weighted by atomic mass is 10.2. The number of hydrogen-bond acceptors (Lipinski definition) is 2. The molecule has 0 saturated carbocycles. The predicted molar refractivity (Wildman–Crippen MR) is 71.0 cm³/mol. The highest BCUT2D eigenvalue weighted by Gasteiger charge is 2.09. The molecular weight excluding hydrogens is 214 g/mol. The number of nitrogens with one attached hydrogen (secondary N) is 1. The van der Waals surface area contributed by atoms with Crippen molar-refractivity contribution in [3.05, 3.63) is 29.8 Å². The van der Waals surface area contributed by atoms with Gasteiger partial charge in [0.2, 0.25) is 0 Å². The van der Waals surface area contributed by atoms with E-state index in [0.717, 1.165) is 30.6 Å². The summed E-state index contributed by atoms with van der Waals surface area (Å²) in [4.78, 5) is 13.4. The molecule has 0 bridgehead atoms. The van der Waals surface area contributed by atoms with Crippen LogP contribution in [0.5, 0.6) is 0 Å². The number of benzene rings is 1. The van der Waals surface area contributed by atoms with Crippen LogP contribution < -0.4 is 16.0 Å². The molecule has 0 radical (unpaired) electrons. The van der Waals surface area contributed by atoms with Crippen molar-refractivity contribution >= 4 is 11.7 Å². The highest BCUT2D eigenvalue weighted by Crippen LogP contribution is 2.13. The summed E-state index contributed by atoms with van der Waals surface area (Å²) in [6.07, 6.45) is 2.08. The Hall–Kier alpha value is -1.55. The molecule has 0 aliphatic heterocycles. The van der Waals surface area contributed by atoms with Crippen LogP contribution in [-0.4, -0.2) is 19.6 Å². The zero-order valence-corrected chi connectivity index (χ0v) is 10.6. The molecule has 1 rings (SSSR count). The van der Waals surface area contributed by atoms with Gasteiger partial charge in [0.05, 0.1) is 0 Å². The summed E-state index contributed by atoms with van der Waals surface area (Å²) in [5, 5.41) is 2.87. The normalized spacial score (nSPS) is 10.1. The standard InChI is InChI=1S/C13H21N3O/c1-3-4-9-15-13(17)16(2)12-7-5-11(10-14)6-8-12/h5-8H,3-4,9-10,14H2,1-2H3,(H,15,17). The molecule has 0 aliphatic rings. The van der Waals surface area contributed by atoms with Crippen molar-refractivity contribution in [2.24, 2.45) is 5.73 Å². The van der Waals surface area contributed by atoms with Crippen LogP contribution in [0.3, 0.4) is 0 Å². The molecule has 0 saturated heterocycles. The molecule has 94 valence electrons. The van der Waals surface area contributed by atoms with E-state index in [-0.39, 0.29) is 6.03 Å². The Morgan fingerprint density at radius 1 is 1.35 bits per heavy atom. The Balaban J connectivity index is 2.55. The van der Waals surface area contributed by atoms with E-state index >= 15 is 0 Å². The minimum absolute atomic E-state index is 0.0704. The highest BCUT2D eigenvalue weighted by molar-refractivity contribution is 5.91. The molecule has 0 unspecified atom stereocenters. The maximum atomic E-state index is 11.8. The lowest BCUT2D eigenvalue weighted by Gasteiger charge is -2.18. The average molecular weight is 235 g/mol. The van der Waals surface area contributed by atoms with Gasteiger partial charge in [-0.15, -0.1) is 0 Å². The monoisotopic (exact) mass is 235 g/mol. The van der Waals surface area contributed by atoms with Gasteiger partial charge in [0.25, 0.3) is 0 Å². The summed E-state index contributed by atoms with van der Waals surface area (Å²) in [6, 6.07) is 7.61. The summed E-state index contributed by atoms with van der Waals surface area (Å²) >= 11 is 0. The first-order valence-electron chi connectivity index (χ1n) is 5.99. The van der Waals surface area contributed by atoms with E-state index in [9.17, 15) is 4.79 Å². The molecule has 0 heterocycles. The molecule has 4 heteroatoms. The third kappa shape index (κ3) is 4.07. The van der Waals surface area contributed by atoms with E-state index in [4.69, 9.17) is 5.73 Å². The van der Waals surface area contributed by atoms with Crippen molar-refractivity contribution < 1.29 is 4.79 Å². The first-order valence-corrected chi connectivity index (χ1v) is 5.99. The third-order valence-electron chi connectivity index (χ3n) is 2.67. The van der Waals surface area contributed by atoms with E-state index in [0.29, 0.717) is 6.54 Å². The van der Waals surface area contributed by atoms with Gasteiger partial charge in [-0.25, -0.2) is 4.79 Å². The molecule has 0 aliphatic carbocycles. The van der Waals surface area contributed by atoms with E-state index in [1.54, 1.807) is 11.9 Å². The van der Waals surface area contributed by atoms with E-state index < -0.39 is 0 Å². The minimum atomic E-state index is -0.0704. The van der Waals surface area contributed by atoms with Crippen LogP contribution in [0.25, 0.3) is 0 Å². The van der Waals surface area contributed by atoms with Gasteiger partial charge in [-0.05, 0) is 24.1 Å². The van der Waals surface area contributed by atoms with Crippen LogP contribution in [0.1, 0.15) is 25.3 Å². The molecule has 2 amide bonds. The Morgan fingerprint density at radius 3 is 2.53 bits per heavy atom. The number of nitrogens with zero attached hydrogens (tertiary/aromatic N) is 1. The minimum Gasteiger partial charge on any atom is -0.338 e. The molecule has 17 heavy (non-hydrogen) atoms. The average Bonchev–Trinajstić information content (AvgIpc) is 2.38. The maximum absolute atomic E-state index is 11.8. The second kappa shape index (κ2) is 6.91. The first kappa shape index (κ1) is 13.5. The number of amides is 2. The van der Waals surface area contributed by atoms with Gasteiger partial charge in [0.15, 0.2) is 0 Å². The molecule has 4 nitrogen and oxygen atoms in total. The van der Waals surface area contributed by atoms with Gasteiger partial charge in [0, 0.05) is 25.8 Å². The topological polar surface area (TPSA) is 58.4 Å². The van der Waals surface area contributed by atoms with Crippen LogP contribution in [0.15, 0.2) is 24.3 Å². The number of hydrogen-bond donors (Lipinski definition) is 2. The first-order chi connectivity index (χ1) is 8.19. The molecule has 1 aromatic carbocycles. The number of carbonyl (C=O) groups excluding carboxylic acids is 1. The van der Waals surface area contributed by atoms with Crippen LogP contribution in [-0.2, 0) is 6.54 Å². The molecule has 0 aromatic heterocycles. The van der Waals surface area contributed by atoms with Gasteiger partial charge in [0.1, 0.15) is 0 Å². The summed E-state index contributed by atoms with van der Waals surface area (Å²) in [7, 11) is 1.76. The van der Waals surface area contributed by atoms with E-state index in [1.165, 1.54) is 0 Å². The van der Waals surface area contributed by atoms with Gasteiger partial charge in [-0.3, -0.25) is 4.90 Å². The molecule has 0 spiro atoms. The van der Waals surface area contributed by atoms with Gasteiger partial charge in [-0.1, -0.05) is 25.5 Å². The lowest BCUT2D eigenvalue weighted by molar-refractivity contribution is 0.247. The van der Waals surface area contributed by atoms with E-state index in [1.807, 2.05) is 24.3 Å².